The largest absolute Gasteiger partial charge is 0.497 e. The van der Waals surface area contributed by atoms with Gasteiger partial charge in [0, 0.05) is 25.1 Å². The molecule has 1 aliphatic heterocycles. The van der Waals surface area contributed by atoms with E-state index in [0.717, 1.165) is 30.0 Å². The lowest BCUT2D eigenvalue weighted by Gasteiger charge is -2.27. The fraction of sp³-hybridized carbons (Fsp3) is 0.600. The van der Waals surface area contributed by atoms with E-state index < -0.39 is 6.10 Å². The molecule has 0 aliphatic carbocycles. The van der Waals surface area contributed by atoms with Gasteiger partial charge in [-0.15, -0.1) is 0 Å². The molecule has 0 spiro atoms. The number of rotatable bonds is 7. The van der Waals surface area contributed by atoms with E-state index in [9.17, 15) is 5.11 Å². The SMILES string of the molecule is COCC(O)CCNC1CCOc2ccc(OC)cc21. The standard InChI is InChI=1S/C15H23NO4/c1-18-10-11(17)5-7-16-14-6-8-20-15-4-3-12(19-2)9-13(14)15/h3-4,9,11,14,16-17H,5-8,10H2,1-2H3. The lowest BCUT2D eigenvalue weighted by molar-refractivity contribution is 0.0586. The predicted molar refractivity (Wildman–Crippen MR) is 76.3 cm³/mol. The number of ether oxygens (including phenoxy) is 3. The van der Waals surface area contributed by atoms with Crippen molar-refractivity contribution in [2.75, 3.05) is 34.0 Å². The van der Waals surface area contributed by atoms with Gasteiger partial charge in [-0.25, -0.2) is 0 Å². The average molecular weight is 281 g/mol. The average Bonchev–Trinajstić information content (AvgIpc) is 2.47. The van der Waals surface area contributed by atoms with Crippen molar-refractivity contribution in [2.45, 2.75) is 25.0 Å². The van der Waals surface area contributed by atoms with Gasteiger partial charge >= 0.3 is 0 Å². The highest BCUT2D eigenvalue weighted by Crippen LogP contribution is 2.34. The molecule has 0 saturated carbocycles. The van der Waals surface area contributed by atoms with Crippen molar-refractivity contribution in [1.82, 2.24) is 5.32 Å². The Morgan fingerprint density at radius 1 is 1.45 bits per heavy atom. The summed E-state index contributed by atoms with van der Waals surface area (Å²) in [5.41, 5.74) is 1.12. The fourth-order valence-corrected chi connectivity index (χ4v) is 2.41. The molecule has 1 aromatic carbocycles. The molecular formula is C15H23NO4. The summed E-state index contributed by atoms with van der Waals surface area (Å²) in [4.78, 5) is 0. The Balaban J connectivity index is 1.94. The Kier molecular flexibility index (Phi) is 5.64. The summed E-state index contributed by atoms with van der Waals surface area (Å²) in [6, 6.07) is 6.10. The zero-order valence-electron chi connectivity index (χ0n) is 12.1. The molecule has 2 unspecified atom stereocenters. The molecule has 0 radical (unpaired) electrons. The molecule has 5 nitrogen and oxygen atoms in total. The van der Waals surface area contributed by atoms with Gasteiger partial charge in [0.1, 0.15) is 11.5 Å². The van der Waals surface area contributed by atoms with Crippen LogP contribution in [0.5, 0.6) is 11.5 Å². The lowest BCUT2D eigenvalue weighted by atomic mass is 10.00. The van der Waals surface area contributed by atoms with Crippen molar-refractivity contribution >= 4 is 0 Å². The topological polar surface area (TPSA) is 60.0 Å². The van der Waals surface area contributed by atoms with E-state index >= 15 is 0 Å². The van der Waals surface area contributed by atoms with Gasteiger partial charge in [-0.1, -0.05) is 0 Å². The highest BCUT2D eigenvalue weighted by Gasteiger charge is 2.21. The molecule has 5 heteroatoms. The molecule has 0 saturated heterocycles. The third-order valence-electron chi connectivity index (χ3n) is 3.48. The number of hydrogen-bond acceptors (Lipinski definition) is 5. The summed E-state index contributed by atoms with van der Waals surface area (Å²) < 4.78 is 15.8. The quantitative estimate of drug-likeness (QED) is 0.793. The third kappa shape index (κ3) is 3.85. The molecular weight excluding hydrogens is 258 g/mol. The molecule has 0 fully saturated rings. The zero-order chi connectivity index (χ0) is 14.4. The molecule has 1 heterocycles. The van der Waals surface area contributed by atoms with Crippen molar-refractivity contribution in [2.24, 2.45) is 0 Å². The van der Waals surface area contributed by atoms with Gasteiger partial charge in [0.15, 0.2) is 0 Å². The van der Waals surface area contributed by atoms with E-state index in [-0.39, 0.29) is 6.04 Å². The maximum Gasteiger partial charge on any atom is 0.124 e. The van der Waals surface area contributed by atoms with E-state index in [2.05, 4.69) is 5.32 Å². The van der Waals surface area contributed by atoms with Gasteiger partial charge in [-0.2, -0.15) is 0 Å². The first-order valence-corrected chi connectivity index (χ1v) is 6.95. The van der Waals surface area contributed by atoms with Crippen LogP contribution >= 0.6 is 0 Å². The molecule has 1 aliphatic rings. The van der Waals surface area contributed by atoms with Crippen LogP contribution in [0.25, 0.3) is 0 Å². The first kappa shape index (κ1) is 15.1. The van der Waals surface area contributed by atoms with Gasteiger partial charge in [0.25, 0.3) is 0 Å². The minimum atomic E-state index is -0.419. The van der Waals surface area contributed by atoms with E-state index in [1.165, 1.54) is 0 Å². The summed E-state index contributed by atoms with van der Waals surface area (Å²) in [5, 5.41) is 13.1. The van der Waals surface area contributed by atoms with Gasteiger partial charge in [0.2, 0.25) is 0 Å². The summed E-state index contributed by atoms with van der Waals surface area (Å²) >= 11 is 0. The van der Waals surface area contributed by atoms with E-state index in [1.54, 1.807) is 14.2 Å². The smallest absolute Gasteiger partial charge is 0.124 e. The molecule has 112 valence electrons. The second kappa shape index (κ2) is 7.47. The van der Waals surface area contributed by atoms with Crippen molar-refractivity contribution in [3.63, 3.8) is 0 Å². The molecule has 2 N–H and O–H groups in total. The monoisotopic (exact) mass is 281 g/mol. The Morgan fingerprint density at radius 3 is 3.05 bits per heavy atom. The Labute approximate surface area is 119 Å². The van der Waals surface area contributed by atoms with E-state index in [4.69, 9.17) is 14.2 Å². The summed E-state index contributed by atoms with van der Waals surface area (Å²) in [6.07, 6.45) is 1.17. The maximum atomic E-state index is 9.65. The third-order valence-corrected chi connectivity index (χ3v) is 3.48. The van der Waals surface area contributed by atoms with E-state index in [0.29, 0.717) is 19.6 Å². The number of hydrogen-bond donors (Lipinski definition) is 2. The van der Waals surface area contributed by atoms with Crippen LogP contribution in [0.15, 0.2) is 18.2 Å². The van der Waals surface area contributed by atoms with E-state index in [1.807, 2.05) is 18.2 Å². The van der Waals surface area contributed by atoms with Crippen LogP contribution in [-0.2, 0) is 4.74 Å². The van der Waals surface area contributed by atoms with Crippen LogP contribution in [0.4, 0.5) is 0 Å². The number of nitrogens with one attached hydrogen (secondary N) is 1. The molecule has 1 aromatic rings. The zero-order valence-corrected chi connectivity index (χ0v) is 12.1. The highest BCUT2D eigenvalue weighted by atomic mass is 16.5. The number of benzene rings is 1. The maximum absolute atomic E-state index is 9.65. The van der Waals surface area contributed by atoms with Gasteiger partial charge in [-0.05, 0) is 31.2 Å². The molecule has 0 bridgehead atoms. The number of fused-ring (bicyclic) bond motifs is 1. The number of aliphatic hydroxyl groups excluding tert-OH is 1. The first-order chi connectivity index (χ1) is 9.74. The molecule has 2 atom stereocenters. The summed E-state index contributed by atoms with van der Waals surface area (Å²) in [6.45, 7) is 1.82. The second-order valence-corrected chi connectivity index (χ2v) is 4.95. The lowest BCUT2D eigenvalue weighted by Crippen LogP contribution is -2.30. The summed E-state index contributed by atoms with van der Waals surface area (Å²) in [7, 11) is 3.26. The number of methoxy groups -OCH3 is 2. The predicted octanol–water partition coefficient (Wildman–Crippen LogP) is 1.51. The normalized spacial score (nSPS) is 19.1. The van der Waals surface area contributed by atoms with Crippen molar-refractivity contribution in [1.29, 1.82) is 0 Å². The molecule has 2 rings (SSSR count). The summed E-state index contributed by atoms with van der Waals surface area (Å²) in [5.74, 6) is 1.74. The number of aliphatic hydroxyl groups is 1. The Hall–Kier alpha value is -1.30. The van der Waals surface area contributed by atoms with Gasteiger partial charge < -0.3 is 24.6 Å². The Morgan fingerprint density at radius 2 is 2.30 bits per heavy atom. The molecule has 20 heavy (non-hydrogen) atoms. The van der Waals surface area contributed by atoms with Gasteiger partial charge in [-0.3, -0.25) is 0 Å². The van der Waals surface area contributed by atoms with Crippen molar-refractivity contribution < 1.29 is 19.3 Å². The fourth-order valence-electron chi connectivity index (χ4n) is 2.41. The van der Waals surface area contributed by atoms with Crippen LogP contribution in [0.3, 0.4) is 0 Å². The van der Waals surface area contributed by atoms with Crippen LogP contribution in [0.1, 0.15) is 24.4 Å². The molecule has 0 aromatic heterocycles. The Bertz CT molecular complexity index is 424. The van der Waals surface area contributed by atoms with Crippen molar-refractivity contribution in [3.8, 4) is 11.5 Å². The minimum Gasteiger partial charge on any atom is -0.497 e. The van der Waals surface area contributed by atoms with Crippen LogP contribution in [0.2, 0.25) is 0 Å². The van der Waals surface area contributed by atoms with Crippen LogP contribution in [-0.4, -0.2) is 45.2 Å². The van der Waals surface area contributed by atoms with Crippen LogP contribution in [0, 0.1) is 0 Å². The minimum absolute atomic E-state index is 0.239. The van der Waals surface area contributed by atoms with Crippen LogP contribution < -0.4 is 14.8 Å². The van der Waals surface area contributed by atoms with Crippen molar-refractivity contribution in [3.05, 3.63) is 23.8 Å². The second-order valence-electron chi connectivity index (χ2n) is 4.95. The highest BCUT2D eigenvalue weighted by molar-refractivity contribution is 5.43. The van der Waals surface area contributed by atoms with Gasteiger partial charge in [0.05, 0.1) is 26.4 Å². The first-order valence-electron chi connectivity index (χ1n) is 6.95. The molecule has 0 amide bonds.